The minimum absolute atomic E-state index is 0.176. The number of anilines is 1. The lowest BCUT2D eigenvalue weighted by atomic mass is 10.1. The molecule has 0 aliphatic heterocycles. The molecule has 0 radical (unpaired) electrons. The summed E-state index contributed by atoms with van der Waals surface area (Å²) in [6.07, 6.45) is 1.79. The normalized spacial score (nSPS) is 11.9. The number of hydrogen-bond acceptors (Lipinski definition) is 5. The molecule has 0 aliphatic carbocycles. The number of aromatic hydroxyl groups is 1. The number of rotatable bonds is 5. The first-order chi connectivity index (χ1) is 12.0. The average Bonchev–Trinajstić information content (AvgIpc) is 3.07. The number of hydrogen-bond donors (Lipinski definition) is 3. The molecular weight excluding hydrogens is 433 g/mol. The summed E-state index contributed by atoms with van der Waals surface area (Å²) in [6.45, 7) is 0. The maximum absolute atomic E-state index is 12.3. The molecule has 6 nitrogen and oxygen atoms in total. The van der Waals surface area contributed by atoms with Crippen molar-refractivity contribution >= 4 is 34.2 Å². The number of carbonyl (C=O) groups excluding carboxylic acids is 1. The highest BCUT2D eigenvalue weighted by molar-refractivity contribution is 14.1. The van der Waals surface area contributed by atoms with E-state index in [2.05, 4.69) is 32.9 Å². The van der Waals surface area contributed by atoms with Crippen molar-refractivity contribution < 1.29 is 14.3 Å². The molecule has 4 N–H and O–H groups in total. The first-order valence-electron chi connectivity index (χ1n) is 7.57. The van der Waals surface area contributed by atoms with E-state index in [1.807, 2.05) is 18.2 Å². The molecule has 2 aromatic carbocycles. The third-order valence-corrected chi connectivity index (χ3v) is 4.22. The predicted octanol–water partition coefficient (Wildman–Crippen LogP) is 3.48. The molecule has 0 spiro atoms. The van der Waals surface area contributed by atoms with Gasteiger partial charge in [-0.2, -0.15) is 0 Å². The van der Waals surface area contributed by atoms with Crippen LogP contribution in [0.1, 0.15) is 28.0 Å². The Labute approximate surface area is 158 Å². The van der Waals surface area contributed by atoms with Crippen LogP contribution in [-0.4, -0.2) is 16.0 Å². The Morgan fingerprint density at radius 3 is 2.76 bits per heavy atom. The van der Waals surface area contributed by atoms with Crippen molar-refractivity contribution in [2.75, 3.05) is 5.32 Å². The number of amides is 1. The Morgan fingerprint density at radius 2 is 2.04 bits per heavy atom. The number of benzene rings is 2. The summed E-state index contributed by atoms with van der Waals surface area (Å²) in [6, 6.07) is 13.7. The zero-order valence-corrected chi connectivity index (χ0v) is 15.3. The van der Waals surface area contributed by atoms with Crippen LogP contribution < -0.4 is 11.1 Å². The number of oxazole rings is 1. The highest BCUT2D eigenvalue weighted by Crippen LogP contribution is 2.19. The standard InChI is InChI=1S/C18H16IN3O3/c19-12-2-1-3-13(9-12)21-17(24)16-10-25-18(22-16)15(20)8-11-4-6-14(23)7-5-11/h1-7,9-10,15,23H,8,20H2,(H,21,24). The Bertz CT molecular complexity index is 877. The summed E-state index contributed by atoms with van der Waals surface area (Å²) >= 11 is 2.17. The Morgan fingerprint density at radius 1 is 1.28 bits per heavy atom. The smallest absolute Gasteiger partial charge is 0.277 e. The topological polar surface area (TPSA) is 101 Å². The lowest BCUT2D eigenvalue weighted by Gasteiger charge is -2.07. The molecule has 25 heavy (non-hydrogen) atoms. The second-order valence-corrected chi connectivity index (χ2v) is 6.76. The van der Waals surface area contributed by atoms with E-state index in [1.165, 1.54) is 6.26 Å². The van der Waals surface area contributed by atoms with Crippen LogP contribution in [0.15, 0.2) is 59.2 Å². The van der Waals surface area contributed by atoms with Gasteiger partial charge in [0.2, 0.25) is 5.89 Å². The molecule has 0 bridgehead atoms. The number of nitrogens with one attached hydrogen (secondary N) is 1. The van der Waals surface area contributed by atoms with Gasteiger partial charge < -0.3 is 20.6 Å². The van der Waals surface area contributed by atoms with Gasteiger partial charge in [0.05, 0.1) is 6.04 Å². The largest absolute Gasteiger partial charge is 0.508 e. The van der Waals surface area contributed by atoms with Crippen molar-refractivity contribution in [2.24, 2.45) is 5.73 Å². The van der Waals surface area contributed by atoms with Crippen molar-refractivity contribution in [3.63, 3.8) is 0 Å². The molecule has 1 aromatic heterocycles. The molecule has 128 valence electrons. The first kappa shape index (κ1) is 17.4. The van der Waals surface area contributed by atoms with Crippen molar-refractivity contribution in [2.45, 2.75) is 12.5 Å². The quantitative estimate of drug-likeness (QED) is 0.518. The SMILES string of the molecule is NC(Cc1ccc(O)cc1)c1nc(C(=O)Nc2cccc(I)c2)co1. The van der Waals surface area contributed by atoms with Crippen LogP contribution in [0.25, 0.3) is 0 Å². The first-order valence-corrected chi connectivity index (χ1v) is 8.65. The molecule has 0 saturated carbocycles. The lowest BCUT2D eigenvalue weighted by molar-refractivity contribution is 0.102. The molecule has 1 atom stereocenters. The van der Waals surface area contributed by atoms with Crippen LogP contribution in [-0.2, 0) is 6.42 Å². The zero-order valence-electron chi connectivity index (χ0n) is 13.1. The van der Waals surface area contributed by atoms with E-state index in [0.717, 1.165) is 9.13 Å². The molecule has 0 fully saturated rings. The van der Waals surface area contributed by atoms with Gasteiger partial charge in [0.15, 0.2) is 5.69 Å². The summed E-state index contributed by atoms with van der Waals surface area (Å²) < 4.78 is 6.38. The number of nitrogens with two attached hydrogens (primary N) is 1. The summed E-state index contributed by atoms with van der Waals surface area (Å²) in [4.78, 5) is 16.4. The average molecular weight is 449 g/mol. The molecule has 3 aromatic rings. The van der Waals surface area contributed by atoms with Gasteiger partial charge in [0, 0.05) is 9.26 Å². The summed E-state index contributed by atoms with van der Waals surface area (Å²) in [7, 11) is 0. The van der Waals surface area contributed by atoms with Crippen molar-refractivity contribution in [1.29, 1.82) is 0 Å². The van der Waals surface area contributed by atoms with E-state index in [1.54, 1.807) is 30.3 Å². The van der Waals surface area contributed by atoms with Gasteiger partial charge in [-0.3, -0.25) is 4.79 Å². The van der Waals surface area contributed by atoms with Crippen LogP contribution in [0.3, 0.4) is 0 Å². The number of carbonyl (C=O) groups is 1. The highest BCUT2D eigenvalue weighted by Gasteiger charge is 2.17. The van der Waals surface area contributed by atoms with Crippen molar-refractivity contribution in [3.05, 3.63) is 75.5 Å². The summed E-state index contributed by atoms with van der Waals surface area (Å²) in [5.41, 5.74) is 7.90. The minimum Gasteiger partial charge on any atom is -0.508 e. The van der Waals surface area contributed by atoms with E-state index in [4.69, 9.17) is 10.2 Å². The predicted molar refractivity (Wildman–Crippen MR) is 102 cm³/mol. The van der Waals surface area contributed by atoms with Gasteiger partial charge in [-0.15, -0.1) is 0 Å². The maximum Gasteiger partial charge on any atom is 0.277 e. The van der Waals surface area contributed by atoms with Crippen LogP contribution >= 0.6 is 22.6 Å². The van der Waals surface area contributed by atoms with Gasteiger partial charge in [-0.25, -0.2) is 4.98 Å². The van der Waals surface area contributed by atoms with E-state index < -0.39 is 6.04 Å². The van der Waals surface area contributed by atoms with Crippen LogP contribution in [0.5, 0.6) is 5.75 Å². The van der Waals surface area contributed by atoms with Crippen LogP contribution in [0.4, 0.5) is 5.69 Å². The second-order valence-electron chi connectivity index (χ2n) is 5.51. The van der Waals surface area contributed by atoms with Crippen molar-refractivity contribution in [3.8, 4) is 5.75 Å². The van der Waals surface area contributed by atoms with Gasteiger partial charge in [0.1, 0.15) is 12.0 Å². The minimum atomic E-state index is -0.483. The number of phenols is 1. The highest BCUT2D eigenvalue weighted by atomic mass is 127. The van der Waals surface area contributed by atoms with E-state index in [-0.39, 0.29) is 17.4 Å². The molecule has 1 unspecified atom stereocenters. The number of halogens is 1. The third-order valence-electron chi connectivity index (χ3n) is 3.55. The molecule has 7 heteroatoms. The number of nitrogens with zero attached hydrogens (tertiary/aromatic N) is 1. The van der Waals surface area contributed by atoms with Gasteiger partial charge in [0.25, 0.3) is 5.91 Å². The van der Waals surface area contributed by atoms with E-state index in [9.17, 15) is 9.90 Å². The summed E-state index contributed by atoms with van der Waals surface area (Å²) in [5, 5.41) is 12.1. The fourth-order valence-electron chi connectivity index (χ4n) is 2.30. The molecule has 0 aliphatic rings. The van der Waals surface area contributed by atoms with Gasteiger partial charge in [-0.05, 0) is 64.9 Å². The number of phenolic OH excluding ortho intramolecular Hbond substituents is 1. The fourth-order valence-corrected chi connectivity index (χ4v) is 2.84. The van der Waals surface area contributed by atoms with E-state index in [0.29, 0.717) is 18.0 Å². The van der Waals surface area contributed by atoms with Crippen LogP contribution in [0, 0.1) is 3.57 Å². The third kappa shape index (κ3) is 4.58. The van der Waals surface area contributed by atoms with Crippen molar-refractivity contribution in [1.82, 2.24) is 4.98 Å². The summed E-state index contributed by atoms with van der Waals surface area (Å²) in [5.74, 6) is 0.137. The molecular formula is C18H16IN3O3. The Balaban J connectivity index is 1.66. The lowest BCUT2D eigenvalue weighted by Crippen LogP contribution is -2.16. The Hall–Kier alpha value is -2.39. The molecule has 3 rings (SSSR count). The molecule has 1 heterocycles. The monoisotopic (exact) mass is 449 g/mol. The number of aromatic nitrogens is 1. The maximum atomic E-state index is 12.3. The van der Waals surface area contributed by atoms with Gasteiger partial charge >= 0.3 is 0 Å². The van der Waals surface area contributed by atoms with E-state index >= 15 is 0 Å². The molecule has 0 saturated heterocycles. The van der Waals surface area contributed by atoms with Gasteiger partial charge in [-0.1, -0.05) is 18.2 Å². The Kier molecular flexibility index (Phi) is 5.34. The molecule has 1 amide bonds. The zero-order chi connectivity index (χ0) is 17.8. The fraction of sp³-hybridized carbons (Fsp3) is 0.111. The van der Waals surface area contributed by atoms with Crippen LogP contribution in [0.2, 0.25) is 0 Å². The second kappa shape index (κ2) is 7.66.